The minimum absolute atomic E-state index is 0.0779. The summed E-state index contributed by atoms with van der Waals surface area (Å²) in [6.45, 7) is 2.24. The van der Waals surface area contributed by atoms with Crippen LogP contribution in [0.25, 0.3) is 6.08 Å². The van der Waals surface area contributed by atoms with Crippen molar-refractivity contribution in [1.82, 2.24) is 13.5 Å². The molecule has 0 aromatic heterocycles. The molecule has 2 heterocycles. The molecule has 8 nitrogen and oxygen atoms in total. The van der Waals surface area contributed by atoms with Crippen molar-refractivity contribution in [3.05, 3.63) is 28.8 Å². The normalized spacial score (nSPS) is 20.8. The molecule has 1 aliphatic carbocycles. The van der Waals surface area contributed by atoms with Crippen molar-refractivity contribution < 1.29 is 22.7 Å². The van der Waals surface area contributed by atoms with Crippen molar-refractivity contribution >= 4 is 33.8 Å². The number of halogens is 1. The van der Waals surface area contributed by atoms with E-state index in [1.54, 1.807) is 30.2 Å². The summed E-state index contributed by atoms with van der Waals surface area (Å²) in [6.07, 6.45) is 8.34. The van der Waals surface area contributed by atoms with Crippen LogP contribution < -0.4 is 9.47 Å². The maximum atomic E-state index is 13.0. The number of benzene rings is 1. The third-order valence-corrected chi connectivity index (χ3v) is 8.69. The zero-order valence-electron chi connectivity index (χ0n) is 18.3. The fourth-order valence-corrected chi connectivity index (χ4v) is 6.30. The number of carbonyl (C=O) groups is 1. The lowest BCUT2D eigenvalue weighted by Gasteiger charge is -2.38. The van der Waals surface area contributed by atoms with Gasteiger partial charge in [0.1, 0.15) is 13.2 Å². The number of rotatable bonds is 5. The first-order chi connectivity index (χ1) is 15.4. The number of nitrogens with zero attached hydrogens (tertiary/aromatic N) is 3. The molecule has 0 unspecified atom stereocenters. The van der Waals surface area contributed by atoms with Crippen molar-refractivity contribution in [2.45, 2.75) is 38.1 Å². The minimum atomic E-state index is -3.51. The van der Waals surface area contributed by atoms with Gasteiger partial charge < -0.3 is 14.4 Å². The third kappa shape index (κ3) is 5.06. The highest BCUT2D eigenvalue weighted by molar-refractivity contribution is 7.86. The van der Waals surface area contributed by atoms with Crippen LogP contribution in [0.2, 0.25) is 5.02 Å². The van der Waals surface area contributed by atoms with E-state index in [1.807, 2.05) is 0 Å². The van der Waals surface area contributed by atoms with E-state index in [9.17, 15) is 13.2 Å². The van der Waals surface area contributed by atoms with Crippen LogP contribution in [0.5, 0.6) is 11.5 Å². The summed E-state index contributed by atoms with van der Waals surface area (Å²) < 4.78 is 40.2. The molecule has 1 aromatic rings. The van der Waals surface area contributed by atoms with E-state index in [0.29, 0.717) is 55.9 Å². The Bertz CT molecular complexity index is 970. The standard InChI is InChI=1S/C22H30ClN3O5S/c1-24(18-5-3-2-4-6-18)32(28,29)26-11-9-25(10-12-26)21(27)8-7-17-15-19(23)22-20(16-17)30-13-14-31-22/h7-8,15-16,18H,2-6,9-14H2,1H3/b8-7+. The van der Waals surface area contributed by atoms with Crippen molar-refractivity contribution in [3.8, 4) is 11.5 Å². The van der Waals surface area contributed by atoms with Crippen molar-refractivity contribution in [1.29, 1.82) is 0 Å². The minimum Gasteiger partial charge on any atom is -0.486 e. The van der Waals surface area contributed by atoms with Crippen LogP contribution in [-0.2, 0) is 15.0 Å². The predicted molar refractivity (Wildman–Crippen MR) is 123 cm³/mol. The SMILES string of the molecule is CN(C1CCCCC1)S(=O)(=O)N1CCN(C(=O)/C=C/c2cc(Cl)c3c(c2)OCCO3)CC1. The summed E-state index contributed by atoms with van der Waals surface area (Å²) in [4.78, 5) is 14.3. The van der Waals surface area contributed by atoms with Crippen LogP contribution in [0.3, 0.4) is 0 Å². The number of hydrogen-bond donors (Lipinski definition) is 0. The van der Waals surface area contributed by atoms with Gasteiger partial charge in [0, 0.05) is 45.3 Å². The molecule has 1 saturated heterocycles. The number of ether oxygens (including phenoxy) is 2. The average Bonchev–Trinajstić information content (AvgIpc) is 2.82. The van der Waals surface area contributed by atoms with Gasteiger partial charge in [-0.1, -0.05) is 30.9 Å². The molecule has 1 amide bonds. The van der Waals surface area contributed by atoms with Crippen molar-refractivity contribution in [2.24, 2.45) is 0 Å². The van der Waals surface area contributed by atoms with Gasteiger partial charge in [-0.2, -0.15) is 17.0 Å². The highest BCUT2D eigenvalue weighted by Gasteiger charge is 2.35. The van der Waals surface area contributed by atoms with E-state index >= 15 is 0 Å². The summed E-state index contributed by atoms with van der Waals surface area (Å²) in [5.41, 5.74) is 0.739. The molecule has 32 heavy (non-hydrogen) atoms. The first-order valence-corrected chi connectivity index (χ1v) is 12.9. The number of amides is 1. The fraction of sp³-hybridized carbons (Fsp3) is 0.591. The molecule has 2 aliphatic heterocycles. The second-order valence-corrected chi connectivity index (χ2v) is 10.8. The second-order valence-electron chi connectivity index (χ2n) is 8.40. The highest BCUT2D eigenvalue weighted by atomic mass is 35.5. The van der Waals surface area contributed by atoms with Crippen LogP contribution in [0.4, 0.5) is 0 Å². The molecule has 0 spiro atoms. The number of fused-ring (bicyclic) bond motifs is 1. The van der Waals surface area contributed by atoms with Gasteiger partial charge in [-0.05, 0) is 36.6 Å². The quantitative estimate of drug-likeness (QED) is 0.602. The van der Waals surface area contributed by atoms with Crippen LogP contribution in [-0.4, -0.2) is 80.3 Å². The second kappa shape index (κ2) is 9.99. The van der Waals surface area contributed by atoms with E-state index < -0.39 is 10.2 Å². The molecular formula is C22H30ClN3O5S. The Morgan fingerprint density at radius 3 is 2.50 bits per heavy atom. The van der Waals surface area contributed by atoms with Crippen LogP contribution in [0.15, 0.2) is 18.2 Å². The van der Waals surface area contributed by atoms with Crippen molar-refractivity contribution in [2.75, 3.05) is 46.4 Å². The fourth-order valence-electron chi connectivity index (χ4n) is 4.45. The Hall–Kier alpha value is -1.81. The number of carbonyl (C=O) groups excluding carboxylic acids is 1. The van der Waals surface area contributed by atoms with Gasteiger partial charge >= 0.3 is 0 Å². The molecule has 1 saturated carbocycles. The maximum Gasteiger partial charge on any atom is 0.282 e. The number of piperazine rings is 1. The molecule has 0 bridgehead atoms. The number of hydrogen-bond acceptors (Lipinski definition) is 5. The van der Waals surface area contributed by atoms with Gasteiger partial charge in [-0.15, -0.1) is 0 Å². The molecule has 1 aromatic carbocycles. The van der Waals surface area contributed by atoms with Crippen LogP contribution in [0, 0.1) is 0 Å². The Kier molecular flexibility index (Phi) is 7.29. The largest absolute Gasteiger partial charge is 0.486 e. The Labute approximate surface area is 194 Å². The summed E-state index contributed by atoms with van der Waals surface area (Å²) in [5.74, 6) is 0.933. The lowest BCUT2D eigenvalue weighted by atomic mass is 9.96. The van der Waals surface area contributed by atoms with Gasteiger partial charge in [-0.25, -0.2) is 0 Å². The van der Waals surface area contributed by atoms with Gasteiger partial charge in [0.15, 0.2) is 11.5 Å². The lowest BCUT2D eigenvalue weighted by molar-refractivity contribution is -0.127. The van der Waals surface area contributed by atoms with Crippen molar-refractivity contribution in [3.63, 3.8) is 0 Å². The van der Waals surface area contributed by atoms with Gasteiger partial charge in [0.05, 0.1) is 5.02 Å². The monoisotopic (exact) mass is 483 g/mol. The topological polar surface area (TPSA) is 79.4 Å². The molecule has 2 fully saturated rings. The zero-order valence-corrected chi connectivity index (χ0v) is 19.9. The lowest BCUT2D eigenvalue weighted by Crippen LogP contribution is -2.55. The zero-order chi connectivity index (χ0) is 22.7. The van der Waals surface area contributed by atoms with Crippen LogP contribution >= 0.6 is 11.6 Å². The summed E-state index contributed by atoms with van der Waals surface area (Å²) >= 11 is 6.25. The summed E-state index contributed by atoms with van der Waals surface area (Å²) in [5, 5.41) is 0.440. The molecule has 4 rings (SSSR count). The van der Waals surface area contributed by atoms with E-state index in [4.69, 9.17) is 21.1 Å². The third-order valence-electron chi connectivity index (χ3n) is 6.37. The van der Waals surface area contributed by atoms with E-state index in [-0.39, 0.29) is 11.9 Å². The molecule has 0 atom stereocenters. The van der Waals surface area contributed by atoms with E-state index in [0.717, 1.165) is 31.2 Å². The Morgan fingerprint density at radius 2 is 1.78 bits per heavy atom. The Morgan fingerprint density at radius 1 is 1.09 bits per heavy atom. The molecular weight excluding hydrogens is 454 g/mol. The van der Waals surface area contributed by atoms with E-state index in [2.05, 4.69) is 0 Å². The van der Waals surface area contributed by atoms with Crippen LogP contribution in [0.1, 0.15) is 37.7 Å². The summed E-state index contributed by atoms with van der Waals surface area (Å²) in [6, 6.07) is 3.59. The first-order valence-electron chi connectivity index (χ1n) is 11.2. The average molecular weight is 484 g/mol. The molecule has 0 radical (unpaired) electrons. The van der Waals surface area contributed by atoms with Gasteiger partial charge in [0.2, 0.25) is 5.91 Å². The Balaban J connectivity index is 1.34. The predicted octanol–water partition coefficient (Wildman–Crippen LogP) is 2.78. The van der Waals surface area contributed by atoms with Gasteiger partial charge in [-0.3, -0.25) is 4.79 Å². The first kappa shape index (κ1) is 23.4. The van der Waals surface area contributed by atoms with E-state index in [1.165, 1.54) is 21.1 Å². The molecule has 3 aliphatic rings. The molecule has 0 N–H and O–H groups in total. The highest BCUT2D eigenvalue weighted by Crippen LogP contribution is 2.38. The molecule has 10 heteroatoms. The molecule has 176 valence electrons. The maximum absolute atomic E-state index is 13.0. The smallest absolute Gasteiger partial charge is 0.282 e. The summed E-state index contributed by atoms with van der Waals surface area (Å²) in [7, 11) is -1.82. The van der Waals surface area contributed by atoms with Gasteiger partial charge in [0.25, 0.3) is 10.2 Å².